The lowest BCUT2D eigenvalue weighted by Gasteiger charge is -2.43. The lowest BCUT2D eigenvalue weighted by atomic mass is 9.81. The van der Waals surface area contributed by atoms with Crippen LogP contribution in [-0.2, 0) is 11.2 Å². The van der Waals surface area contributed by atoms with Gasteiger partial charge in [-0.25, -0.2) is 0 Å². The largest absolute Gasteiger partial charge is 0.493 e. The third kappa shape index (κ3) is 3.09. The van der Waals surface area contributed by atoms with Crippen molar-refractivity contribution in [3.63, 3.8) is 0 Å². The van der Waals surface area contributed by atoms with Gasteiger partial charge in [-0.1, -0.05) is 19.8 Å². The second-order valence-electron chi connectivity index (χ2n) is 6.68. The first-order valence-electron chi connectivity index (χ1n) is 8.69. The smallest absolute Gasteiger partial charge is 0.161 e. The Hall–Kier alpha value is -1.55. The van der Waals surface area contributed by atoms with Crippen molar-refractivity contribution in [2.45, 2.75) is 45.1 Å². The van der Waals surface area contributed by atoms with E-state index in [2.05, 4.69) is 24.0 Å². The van der Waals surface area contributed by atoms with Gasteiger partial charge in [-0.3, -0.25) is 9.69 Å². The zero-order chi connectivity index (χ0) is 16.4. The Labute approximate surface area is 138 Å². The predicted octanol–water partition coefficient (Wildman–Crippen LogP) is 3.38. The van der Waals surface area contributed by atoms with E-state index in [4.69, 9.17) is 9.47 Å². The molecule has 3 rings (SSSR count). The molecule has 0 saturated carbocycles. The van der Waals surface area contributed by atoms with E-state index >= 15 is 0 Å². The fourth-order valence-electron chi connectivity index (χ4n) is 3.98. The number of ketones is 1. The summed E-state index contributed by atoms with van der Waals surface area (Å²) in [6.45, 7) is 4.13. The van der Waals surface area contributed by atoms with Crippen LogP contribution in [0.25, 0.3) is 0 Å². The highest BCUT2D eigenvalue weighted by molar-refractivity contribution is 5.83. The molecule has 126 valence electrons. The summed E-state index contributed by atoms with van der Waals surface area (Å²) in [5, 5.41) is 0. The summed E-state index contributed by atoms with van der Waals surface area (Å²) in [5.74, 6) is 2.20. The number of nitrogens with zero attached hydrogens (tertiary/aromatic N) is 1. The van der Waals surface area contributed by atoms with Gasteiger partial charge in [0.05, 0.1) is 14.2 Å². The molecule has 4 nitrogen and oxygen atoms in total. The summed E-state index contributed by atoms with van der Waals surface area (Å²) in [4.78, 5) is 15.1. The SMILES string of the molecule is CCCC[C@@H]1CN2CCc3cc(OC)c(OC)cc3C2CC1=O. The zero-order valence-corrected chi connectivity index (χ0v) is 14.4. The number of methoxy groups -OCH3 is 2. The van der Waals surface area contributed by atoms with E-state index < -0.39 is 0 Å². The number of rotatable bonds is 5. The minimum absolute atomic E-state index is 0.212. The fourth-order valence-corrected chi connectivity index (χ4v) is 3.98. The van der Waals surface area contributed by atoms with Gasteiger partial charge in [-0.05, 0) is 36.1 Å². The number of hydrogen-bond donors (Lipinski definition) is 0. The Bertz CT molecular complexity index is 584. The summed E-state index contributed by atoms with van der Waals surface area (Å²) >= 11 is 0. The molecule has 1 unspecified atom stereocenters. The Balaban J connectivity index is 1.86. The number of ether oxygens (including phenoxy) is 2. The van der Waals surface area contributed by atoms with Gasteiger partial charge in [-0.2, -0.15) is 0 Å². The molecule has 1 fully saturated rings. The van der Waals surface area contributed by atoms with Crippen LogP contribution in [0.5, 0.6) is 11.5 Å². The molecule has 2 atom stereocenters. The number of unbranched alkanes of at least 4 members (excludes halogenated alkanes) is 1. The van der Waals surface area contributed by atoms with Crippen molar-refractivity contribution in [3.8, 4) is 11.5 Å². The van der Waals surface area contributed by atoms with Crippen molar-refractivity contribution in [3.05, 3.63) is 23.3 Å². The molecule has 0 aliphatic carbocycles. The van der Waals surface area contributed by atoms with Crippen LogP contribution in [0, 0.1) is 5.92 Å². The van der Waals surface area contributed by atoms with Crippen molar-refractivity contribution in [1.29, 1.82) is 0 Å². The molecule has 2 aliphatic rings. The zero-order valence-electron chi connectivity index (χ0n) is 14.4. The molecule has 2 aliphatic heterocycles. The fraction of sp³-hybridized carbons (Fsp3) is 0.632. The monoisotopic (exact) mass is 317 g/mol. The van der Waals surface area contributed by atoms with Crippen molar-refractivity contribution < 1.29 is 14.3 Å². The highest BCUT2D eigenvalue weighted by Gasteiger charge is 2.38. The van der Waals surface area contributed by atoms with Gasteiger partial charge < -0.3 is 9.47 Å². The van der Waals surface area contributed by atoms with Crippen molar-refractivity contribution in [2.75, 3.05) is 27.3 Å². The van der Waals surface area contributed by atoms with Gasteiger partial charge in [0.1, 0.15) is 5.78 Å². The Morgan fingerprint density at radius 1 is 1.22 bits per heavy atom. The summed E-state index contributed by atoms with van der Waals surface area (Å²) in [5.41, 5.74) is 2.54. The van der Waals surface area contributed by atoms with Crippen molar-refractivity contribution in [2.24, 2.45) is 5.92 Å². The first kappa shape index (κ1) is 16.3. The third-order valence-corrected chi connectivity index (χ3v) is 5.32. The van der Waals surface area contributed by atoms with E-state index in [0.717, 1.165) is 50.3 Å². The van der Waals surface area contributed by atoms with Crippen LogP contribution >= 0.6 is 0 Å². The van der Waals surface area contributed by atoms with Gasteiger partial charge in [0.2, 0.25) is 0 Å². The molecule has 1 aromatic rings. The summed E-state index contributed by atoms with van der Waals surface area (Å²) in [6, 6.07) is 4.37. The normalized spacial score (nSPS) is 24.0. The van der Waals surface area contributed by atoms with Gasteiger partial charge in [0, 0.05) is 31.5 Å². The van der Waals surface area contributed by atoms with Gasteiger partial charge in [0.25, 0.3) is 0 Å². The summed E-state index contributed by atoms with van der Waals surface area (Å²) in [7, 11) is 3.33. The van der Waals surface area contributed by atoms with Crippen molar-refractivity contribution >= 4 is 5.78 Å². The van der Waals surface area contributed by atoms with Crippen LogP contribution in [-0.4, -0.2) is 38.0 Å². The third-order valence-electron chi connectivity index (χ3n) is 5.32. The van der Waals surface area contributed by atoms with E-state index in [0.29, 0.717) is 12.2 Å². The second-order valence-corrected chi connectivity index (χ2v) is 6.68. The molecule has 0 spiro atoms. The van der Waals surface area contributed by atoms with Crippen LogP contribution < -0.4 is 9.47 Å². The van der Waals surface area contributed by atoms with Crippen LogP contribution in [0.1, 0.15) is 49.8 Å². The predicted molar refractivity (Wildman–Crippen MR) is 90.2 cm³/mol. The average molecular weight is 317 g/mol. The van der Waals surface area contributed by atoms with Crippen LogP contribution in [0.4, 0.5) is 0 Å². The quantitative estimate of drug-likeness (QED) is 0.834. The Kier molecular flexibility index (Phi) is 4.90. The molecule has 4 heteroatoms. The number of carbonyl (C=O) groups excluding carboxylic acids is 1. The van der Waals surface area contributed by atoms with E-state index in [-0.39, 0.29) is 12.0 Å². The summed E-state index contributed by atoms with van der Waals surface area (Å²) < 4.78 is 10.9. The minimum atomic E-state index is 0.212. The van der Waals surface area contributed by atoms with Crippen LogP contribution in [0.3, 0.4) is 0 Å². The Morgan fingerprint density at radius 2 is 1.96 bits per heavy atom. The molecule has 0 aromatic heterocycles. The number of piperidine rings is 1. The number of hydrogen-bond acceptors (Lipinski definition) is 4. The molecular formula is C19H27NO3. The maximum Gasteiger partial charge on any atom is 0.161 e. The molecule has 2 heterocycles. The minimum Gasteiger partial charge on any atom is -0.493 e. The topological polar surface area (TPSA) is 38.8 Å². The molecule has 1 saturated heterocycles. The number of benzene rings is 1. The highest BCUT2D eigenvalue weighted by Crippen LogP contribution is 2.42. The average Bonchev–Trinajstić information content (AvgIpc) is 2.58. The molecule has 0 bridgehead atoms. The lowest BCUT2D eigenvalue weighted by Crippen LogP contribution is -2.46. The number of carbonyl (C=O) groups is 1. The van der Waals surface area contributed by atoms with Crippen molar-refractivity contribution in [1.82, 2.24) is 4.90 Å². The molecule has 0 amide bonds. The second kappa shape index (κ2) is 6.91. The van der Waals surface area contributed by atoms with E-state index in [1.807, 2.05) is 0 Å². The first-order chi connectivity index (χ1) is 11.2. The number of Topliss-reactive ketones (excluding diaryl/α,β-unsaturated/α-hetero) is 1. The van der Waals surface area contributed by atoms with Gasteiger partial charge >= 0.3 is 0 Å². The maximum atomic E-state index is 12.6. The molecular weight excluding hydrogens is 290 g/mol. The van der Waals surface area contributed by atoms with Crippen LogP contribution in [0.2, 0.25) is 0 Å². The van der Waals surface area contributed by atoms with E-state index in [1.165, 1.54) is 11.1 Å². The van der Waals surface area contributed by atoms with E-state index in [9.17, 15) is 4.79 Å². The lowest BCUT2D eigenvalue weighted by molar-refractivity contribution is -0.129. The van der Waals surface area contributed by atoms with Crippen LogP contribution in [0.15, 0.2) is 12.1 Å². The molecule has 1 aromatic carbocycles. The number of fused-ring (bicyclic) bond motifs is 3. The highest BCUT2D eigenvalue weighted by atomic mass is 16.5. The van der Waals surface area contributed by atoms with E-state index in [1.54, 1.807) is 14.2 Å². The standard InChI is InChI=1S/C19H27NO3/c1-4-5-6-14-12-20-8-7-13-9-18(22-2)19(23-3)10-15(13)16(20)11-17(14)21/h9-10,14,16H,4-8,11-12H2,1-3H3/t14-,16?/m1/s1. The first-order valence-corrected chi connectivity index (χ1v) is 8.69. The van der Waals surface area contributed by atoms with Gasteiger partial charge in [0.15, 0.2) is 11.5 Å². The molecule has 0 radical (unpaired) electrons. The molecule has 0 N–H and O–H groups in total. The molecule has 23 heavy (non-hydrogen) atoms. The van der Waals surface area contributed by atoms with Gasteiger partial charge in [-0.15, -0.1) is 0 Å². The maximum absolute atomic E-state index is 12.6. The Morgan fingerprint density at radius 3 is 2.65 bits per heavy atom. The summed E-state index contributed by atoms with van der Waals surface area (Å²) in [6.07, 6.45) is 5.00.